The van der Waals surface area contributed by atoms with Crippen LogP contribution in [0.2, 0.25) is 15.1 Å². The molecule has 0 spiro atoms. The van der Waals surface area contributed by atoms with Gasteiger partial charge in [-0.15, -0.1) is 0 Å². The van der Waals surface area contributed by atoms with Gasteiger partial charge >= 0.3 is 0 Å². The lowest BCUT2D eigenvalue weighted by Gasteiger charge is -2.17. The fraction of sp³-hybridized carbons (Fsp3) is 0.200. The summed E-state index contributed by atoms with van der Waals surface area (Å²) in [5, 5.41) is 12.2. The van der Waals surface area contributed by atoms with Crippen molar-refractivity contribution < 1.29 is 5.11 Å². The first-order chi connectivity index (χ1) is 8.90. The number of halogens is 3. The average Bonchev–Trinajstić information content (AvgIpc) is 2.36. The summed E-state index contributed by atoms with van der Waals surface area (Å²) < 4.78 is 0. The average molecular weight is 316 g/mol. The maximum atomic E-state index is 10.5. The van der Waals surface area contributed by atoms with Gasteiger partial charge in [0.2, 0.25) is 0 Å². The van der Waals surface area contributed by atoms with Crippen molar-refractivity contribution >= 4 is 34.8 Å². The Morgan fingerprint density at radius 1 is 0.842 bits per heavy atom. The highest BCUT2D eigenvalue weighted by atomic mass is 35.5. The highest BCUT2D eigenvalue weighted by Crippen LogP contribution is 2.33. The van der Waals surface area contributed by atoms with Crippen molar-refractivity contribution in [2.24, 2.45) is 0 Å². The molecule has 0 aliphatic rings. The minimum absolute atomic E-state index is 0.490. The second-order valence-electron chi connectivity index (χ2n) is 4.53. The molecular weight excluding hydrogens is 303 g/mol. The zero-order valence-corrected chi connectivity index (χ0v) is 12.8. The molecule has 2 rings (SSSR count). The zero-order valence-electron chi connectivity index (χ0n) is 10.5. The minimum atomic E-state index is -0.817. The number of aliphatic hydroxyl groups excluding tert-OH is 1. The van der Waals surface area contributed by atoms with E-state index >= 15 is 0 Å². The molecule has 0 heterocycles. The third kappa shape index (κ3) is 3.06. The molecule has 0 aliphatic heterocycles. The van der Waals surface area contributed by atoms with E-state index in [-0.39, 0.29) is 0 Å². The van der Waals surface area contributed by atoms with Crippen molar-refractivity contribution in [1.29, 1.82) is 0 Å². The van der Waals surface area contributed by atoms with Crippen LogP contribution < -0.4 is 0 Å². The fourth-order valence-electron chi connectivity index (χ4n) is 1.99. The quantitative estimate of drug-likeness (QED) is 0.792. The summed E-state index contributed by atoms with van der Waals surface area (Å²) in [6, 6.07) is 8.77. The zero-order chi connectivity index (χ0) is 14.2. The van der Waals surface area contributed by atoms with Crippen LogP contribution in [0.15, 0.2) is 30.3 Å². The Labute approximate surface area is 127 Å². The van der Waals surface area contributed by atoms with Crippen molar-refractivity contribution in [3.8, 4) is 0 Å². The SMILES string of the molecule is Cc1cc(C(O)c2cc(Cl)ccc2Cl)c(C)cc1Cl. The van der Waals surface area contributed by atoms with E-state index in [1.807, 2.05) is 26.0 Å². The molecule has 2 aromatic carbocycles. The first kappa shape index (κ1) is 14.7. The Kier molecular flexibility index (Phi) is 4.42. The van der Waals surface area contributed by atoms with Crippen LogP contribution in [0.1, 0.15) is 28.4 Å². The van der Waals surface area contributed by atoms with Gasteiger partial charge in [0.25, 0.3) is 0 Å². The van der Waals surface area contributed by atoms with E-state index in [1.54, 1.807) is 18.2 Å². The fourth-order valence-corrected chi connectivity index (χ4v) is 2.61. The van der Waals surface area contributed by atoms with Crippen molar-refractivity contribution in [3.63, 3.8) is 0 Å². The van der Waals surface area contributed by atoms with Crippen LogP contribution in [0.4, 0.5) is 0 Å². The molecule has 2 aromatic rings. The molecule has 4 heteroatoms. The molecule has 0 aromatic heterocycles. The van der Waals surface area contributed by atoms with Crippen LogP contribution >= 0.6 is 34.8 Å². The van der Waals surface area contributed by atoms with Crippen molar-refractivity contribution in [2.45, 2.75) is 20.0 Å². The summed E-state index contributed by atoms with van der Waals surface area (Å²) >= 11 is 18.1. The van der Waals surface area contributed by atoms with E-state index in [9.17, 15) is 5.11 Å². The summed E-state index contributed by atoms with van der Waals surface area (Å²) in [6.45, 7) is 3.81. The standard InChI is InChI=1S/C15H13Cl3O/c1-8-6-14(18)9(2)5-11(8)15(19)12-7-10(16)3-4-13(12)17/h3-7,15,19H,1-2H3. The third-order valence-corrected chi connectivity index (χ3v) is 4.08. The first-order valence-corrected chi connectivity index (χ1v) is 6.93. The van der Waals surface area contributed by atoms with E-state index in [0.717, 1.165) is 16.7 Å². The van der Waals surface area contributed by atoms with E-state index in [1.165, 1.54) is 0 Å². The highest BCUT2D eigenvalue weighted by Gasteiger charge is 2.17. The van der Waals surface area contributed by atoms with Crippen LogP contribution in [-0.2, 0) is 0 Å². The number of hydrogen-bond donors (Lipinski definition) is 1. The van der Waals surface area contributed by atoms with Crippen molar-refractivity contribution in [2.75, 3.05) is 0 Å². The molecule has 0 amide bonds. The van der Waals surface area contributed by atoms with Gasteiger partial charge in [-0.05, 0) is 54.8 Å². The summed E-state index contributed by atoms with van der Waals surface area (Å²) in [4.78, 5) is 0. The summed E-state index contributed by atoms with van der Waals surface area (Å²) in [5.41, 5.74) is 3.21. The number of aryl methyl sites for hydroxylation is 2. The van der Waals surface area contributed by atoms with Gasteiger partial charge in [-0.3, -0.25) is 0 Å². The summed E-state index contributed by atoms with van der Waals surface area (Å²) in [7, 11) is 0. The molecule has 0 radical (unpaired) electrons. The van der Waals surface area contributed by atoms with Gasteiger partial charge in [0.1, 0.15) is 6.10 Å². The molecular formula is C15H13Cl3O. The highest BCUT2D eigenvalue weighted by molar-refractivity contribution is 6.33. The maximum Gasteiger partial charge on any atom is 0.106 e. The molecule has 0 fully saturated rings. The molecule has 0 aliphatic carbocycles. The molecule has 0 bridgehead atoms. The Bertz CT molecular complexity index is 623. The van der Waals surface area contributed by atoms with Crippen molar-refractivity contribution in [3.05, 3.63) is 67.7 Å². The maximum absolute atomic E-state index is 10.5. The van der Waals surface area contributed by atoms with Crippen LogP contribution in [0.5, 0.6) is 0 Å². The van der Waals surface area contributed by atoms with E-state index in [4.69, 9.17) is 34.8 Å². The molecule has 0 saturated carbocycles. The van der Waals surface area contributed by atoms with Gasteiger partial charge in [-0.2, -0.15) is 0 Å². The van der Waals surface area contributed by atoms with E-state index in [0.29, 0.717) is 20.6 Å². The van der Waals surface area contributed by atoms with E-state index in [2.05, 4.69) is 0 Å². The lowest BCUT2D eigenvalue weighted by molar-refractivity contribution is 0.219. The lowest BCUT2D eigenvalue weighted by atomic mass is 9.96. The minimum Gasteiger partial charge on any atom is -0.384 e. The first-order valence-electron chi connectivity index (χ1n) is 5.80. The van der Waals surface area contributed by atoms with Gasteiger partial charge in [0.15, 0.2) is 0 Å². The Morgan fingerprint density at radius 3 is 2.21 bits per heavy atom. The number of benzene rings is 2. The summed E-state index contributed by atoms with van der Waals surface area (Å²) in [5.74, 6) is 0. The van der Waals surface area contributed by atoms with Gasteiger partial charge in [-0.25, -0.2) is 0 Å². The smallest absolute Gasteiger partial charge is 0.106 e. The van der Waals surface area contributed by atoms with Crippen LogP contribution in [-0.4, -0.2) is 5.11 Å². The second kappa shape index (κ2) is 5.72. The van der Waals surface area contributed by atoms with Crippen LogP contribution in [0, 0.1) is 13.8 Å². The Hall–Kier alpha value is -0.730. The molecule has 100 valence electrons. The molecule has 1 atom stereocenters. The largest absolute Gasteiger partial charge is 0.384 e. The van der Waals surface area contributed by atoms with E-state index < -0.39 is 6.10 Å². The number of hydrogen-bond acceptors (Lipinski definition) is 1. The molecule has 1 N–H and O–H groups in total. The molecule has 1 nitrogen and oxygen atoms in total. The van der Waals surface area contributed by atoms with Gasteiger partial charge in [0.05, 0.1) is 0 Å². The number of rotatable bonds is 2. The molecule has 0 saturated heterocycles. The van der Waals surface area contributed by atoms with Crippen LogP contribution in [0.25, 0.3) is 0 Å². The van der Waals surface area contributed by atoms with Crippen molar-refractivity contribution in [1.82, 2.24) is 0 Å². The Morgan fingerprint density at radius 2 is 1.53 bits per heavy atom. The Balaban J connectivity index is 2.52. The molecule has 1 unspecified atom stereocenters. The van der Waals surface area contributed by atoms with Gasteiger partial charge in [0, 0.05) is 20.6 Å². The normalized spacial score (nSPS) is 12.5. The van der Waals surface area contributed by atoms with Gasteiger partial charge < -0.3 is 5.11 Å². The van der Waals surface area contributed by atoms with Crippen LogP contribution in [0.3, 0.4) is 0 Å². The predicted octanol–water partition coefficient (Wildman–Crippen LogP) is 5.35. The van der Waals surface area contributed by atoms with Gasteiger partial charge in [-0.1, -0.05) is 40.9 Å². The predicted molar refractivity (Wildman–Crippen MR) is 81.4 cm³/mol. The second-order valence-corrected chi connectivity index (χ2v) is 5.78. The monoisotopic (exact) mass is 314 g/mol. The third-order valence-electron chi connectivity index (χ3n) is 3.09. The summed E-state index contributed by atoms with van der Waals surface area (Å²) in [6.07, 6.45) is -0.817. The lowest BCUT2D eigenvalue weighted by Crippen LogP contribution is -2.03. The topological polar surface area (TPSA) is 20.2 Å². The molecule has 19 heavy (non-hydrogen) atoms. The number of aliphatic hydroxyl groups is 1.